The summed E-state index contributed by atoms with van der Waals surface area (Å²) in [4.78, 5) is 0. The quantitative estimate of drug-likeness (QED) is 0.375. The van der Waals surface area contributed by atoms with Gasteiger partial charge in [0.25, 0.3) is 0 Å². The molecule has 2 heteroatoms. The van der Waals surface area contributed by atoms with E-state index in [2.05, 4.69) is 12.1 Å². The summed E-state index contributed by atoms with van der Waals surface area (Å²) in [5.41, 5.74) is 6.29. The van der Waals surface area contributed by atoms with Gasteiger partial charge in [-0.3, -0.25) is 0 Å². The summed E-state index contributed by atoms with van der Waals surface area (Å²) >= 11 is 1.12. The van der Waals surface area contributed by atoms with Gasteiger partial charge in [0.2, 0.25) is 0 Å². The zero-order valence-electron chi connectivity index (χ0n) is 4.89. The van der Waals surface area contributed by atoms with Gasteiger partial charge in [0.15, 0.2) is 0 Å². The van der Waals surface area contributed by atoms with Gasteiger partial charge in [0.05, 0.1) is 0 Å². The molecule has 0 aliphatic carbocycles. The van der Waals surface area contributed by atoms with Crippen LogP contribution in [0.1, 0.15) is 0 Å². The van der Waals surface area contributed by atoms with E-state index in [0.29, 0.717) is 0 Å². The summed E-state index contributed by atoms with van der Waals surface area (Å²) in [7, 11) is 0. The van der Waals surface area contributed by atoms with Crippen LogP contribution >= 0.6 is 0 Å². The second kappa shape index (κ2) is 2.53. The molecule has 36 valence electrons. The van der Waals surface area contributed by atoms with Crippen LogP contribution in [0.2, 0.25) is 0 Å². The van der Waals surface area contributed by atoms with E-state index < -0.39 is 0 Å². The van der Waals surface area contributed by atoms with E-state index in [1.54, 1.807) is 0 Å². The van der Waals surface area contributed by atoms with Crippen molar-refractivity contribution >= 4 is 36.4 Å². The molecule has 1 rings (SSSR count). The molecule has 0 unspecified atom stereocenters. The Morgan fingerprint density at radius 3 is 2.00 bits per heavy atom. The SMILES string of the molecule is Nc1cc[c]([Na])cc1. The Bertz CT molecular complexity index is 147. The number of nitrogen functional groups attached to an aromatic ring is 1. The van der Waals surface area contributed by atoms with Crippen LogP contribution < -0.4 is 8.55 Å². The molecule has 0 fully saturated rings. The number of benzene rings is 1. The van der Waals surface area contributed by atoms with Crippen molar-refractivity contribution in [3.05, 3.63) is 24.3 Å². The predicted molar refractivity (Wildman–Crippen MR) is 36.2 cm³/mol. The Kier molecular flexibility index (Phi) is 1.95. The molecule has 0 aliphatic heterocycles. The molecule has 1 aromatic carbocycles. The third kappa shape index (κ3) is 1.51. The van der Waals surface area contributed by atoms with Crippen molar-refractivity contribution in [3.8, 4) is 0 Å². The second-order valence-electron chi connectivity index (χ2n) is 1.91. The first-order chi connectivity index (χ1) is 3.79. The molecule has 0 aromatic heterocycles. The van der Waals surface area contributed by atoms with Gasteiger partial charge >= 0.3 is 66.4 Å². The van der Waals surface area contributed by atoms with Crippen LogP contribution in [0.3, 0.4) is 0 Å². The van der Waals surface area contributed by atoms with Crippen molar-refractivity contribution in [3.63, 3.8) is 0 Å². The Hall–Kier alpha value is 0.0200. The van der Waals surface area contributed by atoms with E-state index in [-0.39, 0.29) is 0 Å². The van der Waals surface area contributed by atoms with Gasteiger partial charge in [-0.25, -0.2) is 0 Å². The maximum absolute atomic E-state index is 5.44. The van der Waals surface area contributed by atoms with Crippen molar-refractivity contribution in [1.82, 2.24) is 0 Å². The third-order valence-electron chi connectivity index (χ3n) is 1.08. The molecule has 0 bridgehead atoms. The Morgan fingerprint density at radius 1 is 1.12 bits per heavy atom. The molecule has 2 N–H and O–H groups in total. The number of hydrogen-bond donors (Lipinski definition) is 1. The Morgan fingerprint density at radius 2 is 1.62 bits per heavy atom. The van der Waals surface area contributed by atoms with Crippen molar-refractivity contribution in [2.24, 2.45) is 0 Å². The van der Waals surface area contributed by atoms with Gasteiger partial charge in [-0.15, -0.1) is 0 Å². The summed E-state index contributed by atoms with van der Waals surface area (Å²) in [5.74, 6) is 0. The van der Waals surface area contributed by atoms with Gasteiger partial charge < -0.3 is 0 Å². The van der Waals surface area contributed by atoms with E-state index in [1.165, 1.54) is 2.81 Å². The minimum absolute atomic E-state index is 0.851. The van der Waals surface area contributed by atoms with Crippen LogP contribution in [-0.4, -0.2) is 27.9 Å². The standard InChI is InChI=1S/C6H6N.Na/c7-6-4-2-1-3-5-6;/h2-5H,7H2;. The maximum atomic E-state index is 5.44. The number of nitrogens with two attached hydrogens (primary N) is 1. The molecular weight excluding hydrogens is 109 g/mol. The summed E-state index contributed by atoms with van der Waals surface area (Å²) in [6.07, 6.45) is 0. The Balaban J connectivity index is 3.03. The first-order valence-electron chi connectivity index (χ1n) is 2.61. The molecule has 0 aliphatic rings. The Labute approximate surface area is 66.3 Å². The van der Waals surface area contributed by atoms with Crippen LogP contribution in [0, 0.1) is 0 Å². The van der Waals surface area contributed by atoms with Crippen molar-refractivity contribution < 1.29 is 0 Å². The first-order valence-corrected chi connectivity index (χ1v) is 3.61. The normalized spacial score (nSPS) is 9.25. The second-order valence-corrected chi connectivity index (χ2v) is 3.07. The molecule has 0 atom stereocenters. The van der Waals surface area contributed by atoms with Gasteiger partial charge in [-0.1, -0.05) is 0 Å². The molecule has 8 heavy (non-hydrogen) atoms. The van der Waals surface area contributed by atoms with Gasteiger partial charge in [0, 0.05) is 0 Å². The molecule has 0 radical (unpaired) electrons. The molecule has 1 nitrogen and oxygen atoms in total. The van der Waals surface area contributed by atoms with Gasteiger partial charge in [-0.05, 0) is 0 Å². The monoisotopic (exact) mass is 115 g/mol. The van der Waals surface area contributed by atoms with E-state index in [1.807, 2.05) is 12.1 Å². The van der Waals surface area contributed by atoms with Crippen molar-refractivity contribution in [2.45, 2.75) is 0 Å². The minimum atomic E-state index is 0.851. The van der Waals surface area contributed by atoms with E-state index in [4.69, 9.17) is 5.73 Å². The topological polar surface area (TPSA) is 26.0 Å². The molecular formula is C6H6NNa. The van der Waals surface area contributed by atoms with Crippen LogP contribution in [0.15, 0.2) is 24.3 Å². The van der Waals surface area contributed by atoms with Crippen molar-refractivity contribution in [2.75, 3.05) is 5.73 Å². The van der Waals surface area contributed by atoms with Crippen LogP contribution in [0.25, 0.3) is 0 Å². The van der Waals surface area contributed by atoms with E-state index in [9.17, 15) is 0 Å². The number of hydrogen-bond acceptors (Lipinski definition) is 1. The van der Waals surface area contributed by atoms with Crippen molar-refractivity contribution in [1.29, 1.82) is 0 Å². The number of anilines is 1. The van der Waals surface area contributed by atoms with E-state index >= 15 is 0 Å². The first kappa shape index (κ1) is 6.14. The fourth-order valence-electron chi connectivity index (χ4n) is 0.566. The predicted octanol–water partition coefficient (Wildman–Crippen LogP) is 0.0626. The van der Waals surface area contributed by atoms with Gasteiger partial charge in [0.1, 0.15) is 0 Å². The average Bonchev–Trinajstić information content (AvgIpc) is 1.77. The molecule has 0 amide bonds. The zero-order valence-corrected chi connectivity index (χ0v) is 6.89. The average molecular weight is 115 g/mol. The fraction of sp³-hybridized carbons (Fsp3) is 0. The summed E-state index contributed by atoms with van der Waals surface area (Å²) in [6.45, 7) is 0. The van der Waals surface area contributed by atoms with Gasteiger partial charge in [-0.2, -0.15) is 0 Å². The summed E-state index contributed by atoms with van der Waals surface area (Å²) in [6, 6.07) is 7.98. The molecule has 0 heterocycles. The number of rotatable bonds is 0. The fourth-order valence-corrected chi connectivity index (χ4v) is 0.900. The zero-order chi connectivity index (χ0) is 5.98. The van der Waals surface area contributed by atoms with Crippen LogP contribution in [0.4, 0.5) is 5.69 Å². The third-order valence-corrected chi connectivity index (χ3v) is 1.74. The molecule has 0 saturated carbocycles. The van der Waals surface area contributed by atoms with E-state index in [0.717, 1.165) is 33.6 Å². The molecule has 0 saturated heterocycles. The van der Waals surface area contributed by atoms with Crippen LogP contribution in [0.5, 0.6) is 0 Å². The molecule has 0 spiro atoms. The van der Waals surface area contributed by atoms with Crippen LogP contribution in [-0.2, 0) is 0 Å². The summed E-state index contributed by atoms with van der Waals surface area (Å²) < 4.78 is 1.39. The summed E-state index contributed by atoms with van der Waals surface area (Å²) in [5, 5.41) is 0. The molecule has 1 aromatic rings.